The summed E-state index contributed by atoms with van der Waals surface area (Å²) in [4.78, 5) is 14.6. The zero-order valence-electron chi connectivity index (χ0n) is 8.63. The van der Waals surface area contributed by atoms with Crippen LogP contribution in [-0.4, -0.2) is 25.0 Å². The van der Waals surface area contributed by atoms with Gasteiger partial charge in [0, 0.05) is 18.0 Å². The standard InChI is InChI=1S/C11H12N2O2/c1-12-11(14)9-10(15-2)7-5-3-4-6-8(7)13-9/h3-6,13H,1-2H3,(H,12,14). The first-order valence-electron chi connectivity index (χ1n) is 4.64. The van der Waals surface area contributed by atoms with Crippen molar-refractivity contribution < 1.29 is 9.53 Å². The smallest absolute Gasteiger partial charge is 0.271 e. The second-order valence-corrected chi connectivity index (χ2v) is 3.16. The molecule has 15 heavy (non-hydrogen) atoms. The summed E-state index contributed by atoms with van der Waals surface area (Å²) in [5.41, 5.74) is 1.36. The largest absolute Gasteiger partial charge is 0.494 e. The minimum Gasteiger partial charge on any atom is -0.494 e. The molecule has 0 saturated carbocycles. The number of amides is 1. The number of rotatable bonds is 2. The molecule has 4 heteroatoms. The number of benzene rings is 1. The van der Waals surface area contributed by atoms with E-state index in [4.69, 9.17) is 4.74 Å². The van der Waals surface area contributed by atoms with Crippen LogP contribution in [0.25, 0.3) is 10.9 Å². The van der Waals surface area contributed by atoms with Crippen LogP contribution in [0.5, 0.6) is 5.75 Å². The zero-order chi connectivity index (χ0) is 10.8. The number of ether oxygens (including phenoxy) is 1. The summed E-state index contributed by atoms with van der Waals surface area (Å²) >= 11 is 0. The maximum atomic E-state index is 11.5. The number of aromatic nitrogens is 1. The molecule has 1 aromatic heterocycles. The first-order valence-corrected chi connectivity index (χ1v) is 4.64. The van der Waals surface area contributed by atoms with Gasteiger partial charge in [-0.05, 0) is 12.1 Å². The molecular weight excluding hydrogens is 192 g/mol. The number of carbonyl (C=O) groups is 1. The molecule has 1 heterocycles. The van der Waals surface area contributed by atoms with Gasteiger partial charge in [-0.1, -0.05) is 12.1 Å². The van der Waals surface area contributed by atoms with Gasteiger partial charge in [0.25, 0.3) is 5.91 Å². The summed E-state index contributed by atoms with van der Waals surface area (Å²) in [7, 11) is 3.15. The van der Waals surface area contributed by atoms with Gasteiger partial charge in [0.2, 0.25) is 0 Å². The molecule has 0 fully saturated rings. The number of carbonyl (C=O) groups excluding carboxylic acids is 1. The SMILES string of the molecule is CNC(=O)c1[nH]c2ccccc2c1OC. The van der Waals surface area contributed by atoms with Gasteiger partial charge in [-0.2, -0.15) is 0 Å². The van der Waals surface area contributed by atoms with Gasteiger partial charge >= 0.3 is 0 Å². The average molecular weight is 204 g/mol. The van der Waals surface area contributed by atoms with Crippen LogP contribution in [0.4, 0.5) is 0 Å². The van der Waals surface area contributed by atoms with Crippen molar-refractivity contribution in [1.82, 2.24) is 10.3 Å². The molecule has 78 valence electrons. The van der Waals surface area contributed by atoms with Crippen molar-refractivity contribution in [2.45, 2.75) is 0 Å². The normalized spacial score (nSPS) is 10.3. The molecule has 1 aromatic carbocycles. The monoisotopic (exact) mass is 204 g/mol. The lowest BCUT2D eigenvalue weighted by atomic mass is 10.2. The Morgan fingerprint density at radius 1 is 1.40 bits per heavy atom. The molecule has 2 aromatic rings. The predicted octanol–water partition coefficient (Wildman–Crippen LogP) is 1.54. The minimum absolute atomic E-state index is 0.178. The number of hydrogen-bond acceptors (Lipinski definition) is 2. The second-order valence-electron chi connectivity index (χ2n) is 3.16. The van der Waals surface area contributed by atoms with Crippen LogP contribution in [0.3, 0.4) is 0 Å². The van der Waals surface area contributed by atoms with E-state index in [1.165, 1.54) is 0 Å². The number of para-hydroxylation sites is 1. The Morgan fingerprint density at radius 3 is 2.80 bits per heavy atom. The third kappa shape index (κ3) is 1.44. The molecule has 0 unspecified atom stereocenters. The number of fused-ring (bicyclic) bond motifs is 1. The molecule has 4 nitrogen and oxygen atoms in total. The maximum Gasteiger partial charge on any atom is 0.271 e. The molecule has 2 N–H and O–H groups in total. The highest BCUT2D eigenvalue weighted by Gasteiger charge is 2.16. The van der Waals surface area contributed by atoms with E-state index in [2.05, 4.69) is 10.3 Å². The number of hydrogen-bond donors (Lipinski definition) is 2. The van der Waals surface area contributed by atoms with E-state index >= 15 is 0 Å². The molecule has 0 spiro atoms. The Labute approximate surface area is 87.2 Å². The molecule has 0 aliphatic rings. The predicted molar refractivity (Wildman–Crippen MR) is 58.2 cm³/mol. The lowest BCUT2D eigenvalue weighted by Gasteiger charge is -2.00. The molecule has 0 atom stereocenters. The van der Waals surface area contributed by atoms with Crippen LogP contribution in [0.2, 0.25) is 0 Å². The molecule has 1 amide bonds. The van der Waals surface area contributed by atoms with Crippen molar-refractivity contribution in [2.75, 3.05) is 14.2 Å². The third-order valence-electron chi connectivity index (χ3n) is 2.32. The maximum absolute atomic E-state index is 11.5. The van der Waals surface area contributed by atoms with Gasteiger partial charge in [-0.15, -0.1) is 0 Å². The first kappa shape index (κ1) is 9.58. The highest BCUT2D eigenvalue weighted by Crippen LogP contribution is 2.29. The lowest BCUT2D eigenvalue weighted by molar-refractivity contribution is 0.0956. The van der Waals surface area contributed by atoms with Crippen molar-refractivity contribution in [1.29, 1.82) is 0 Å². The quantitative estimate of drug-likeness (QED) is 0.779. The van der Waals surface area contributed by atoms with Crippen molar-refractivity contribution in [3.05, 3.63) is 30.0 Å². The van der Waals surface area contributed by atoms with E-state index in [1.807, 2.05) is 24.3 Å². The van der Waals surface area contributed by atoms with Crippen molar-refractivity contribution >= 4 is 16.8 Å². The van der Waals surface area contributed by atoms with Crippen LogP contribution in [0, 0.1) is 0 Å². The van der Waals surface area contributed by atoms with Crippen molar-refractivity contribution in [3.63, 3.8) is 0 Å². The fraction of sp³-hybridized carbons (Fsp3) is 0.182. The summed E-state index contributed by atoms with van der Waals surface area (Å²) in [6.45, 7) is 0. The molecule has 0 saturated heterocycles. The fourth-order valence-corrected chi connectivity index (χ4v) is 1.61. The third-order valence-corrected chi connectivity index (χ3v) is 2.32. The summed E-state index contributed by atoms with van der Waals surface area (Å²) < 4.78 is 5.23. The van der Waals surface area contributed by atoms with Gasteiger partial charge in [0.1, 0.15) is 5.69 Å². The molecule has 2 rings (SSSR count). The molecule has 0 bridgehead atoms. The Kier molecular flexibility index (Phi) is 2.33. The Bertz CT molecular complexity index is 502. The van der Waals surface area contributed by atoms with E-state index < -0.39 is 0 Å². The Hall–Kier alpha value is -1.97. The van der Waals surface area contributed by atoms with Crippen LogP contribution < -0.4 is 10.1 Å². The summed E-state index contributed by atoms with van der Waals surface area (Å²) in [6, 6.07) is 7.64. The average Bonchev–Trinajstić information content (AvgIpc) is 2.66. The van der Waals surface area contributed by atoms with E-state index in [9.17, 15) is 4.79 Å². The van der Waals surface area contributed by atoms with Gasteiger partial charge in [-0.3, -0.25) is 4.79 Å². The molecular formula is C11H12N2O2. The first-order chi connectivity index (χ1) is 7.27. The van der Waals surface area contributed by atoms with Crippen LogP contribution in [0.15, 0.2) is 24.3 Å². The Balaban J connectivity index is 2.69. The van der Waals surface area contributed by atoms with Gasteiger partial charge < -0.3 is 15.0 Å². The van der Waals surface area contributed by atoms with E-state index in [1.54, 1.807) is 14.2 Å². The second kappa shape index (κ2) is 3.65. The molecule has 0 aliphatic carbocycles. The highest BCUT2D eigenvalue weighted by molar-refractivity contribution is 6.03. The van der Waals surface area contributed by atoms with E-state index in [-0.39, 0.29) is 5.91 Å². The molecule has 0 radical (unpaired) electrons. The zero-order valence-corrected chi connectivity index (χ0v) is 8.63. The summed E-state index contributed by atoms with van der Waals surface area (Å²) in [5.74, 6) is 0.410. The van der Waals surface area contributed by atoms with E-state index in [0.717, 1.165) is 10.9 Å². The van der Waals surface area contributed by atoms with Gasteiger partial charge in [-0.25, -0.2) is 0 Å². The number of aromatic amines is 1. The van der Waals surface area contributed by atoms with E-state index in [0.29, 0.717) is 11.4 Å². The molecule has 0 aliphatic heterocycles. The van der Waals surface area contributed by atoms with Gasteiger partial charge in [0.15, 0.2) is 5.75 Å². The van der Waals surface area contributed by atoms with Crippen LogP contribution >= 0.6 is 0 Å². The highest BCUT2D eigenvalue weighted by atomic mass is 16.5. The summed E-state index contributed by atoms with van der Waals surface area (Å²) in [6.07, 6.45) is 0. The number of H-pyrrole nitrogens is 1. The Morgan fingerprint density at radius 2 is 2.13 bits per heavy atom. The topological polar surface area (TPSA) is 54.1 Å². The number of methoxy groups -OCH3 is 1. The summed E-state index contributed by atoms with van der Waals surface area (Å²) in [5, 5.41) is 3.48. The fourth-order valence-electron chi connectivity index (χ4n) is 1.61. The van der Waals surface area contributed by atoms with Crippen molar-refractivity contribution in [2.24, 2.45) is 0 Å². The van der Waals surface area contributed by atoms with Crippen LogP contribution in [-0.2, 0) is 0 Å². The lowest BCUT2D eigenvalue weighted by Crippen LogP contribution is -2.18. The van der Waals surface area contributed by atoms with Crippen molar-refractivity contribution in [3.8, 4) is 5.75 Å². The minimum atomic E-state index is -0.178. The van der Waals surface area contributed by atoms with Gasteiger partial charge in [0.05, 0.1) is 7.11 Å². The van der Waals surface area contributed by atoms with Crippen LogP contribution in [0.1, 0.15) is 10.5 Å². The number of nitrogens with one attached hydrogen (secondary N) is 2.